The van der Waals surface area contributed by atoms with Crippen molar-refractivity contribution in [2.24, 2.45) is 0 Å². The van der Waals surface area contributed by atoms with Gasteiger partial charge in [0.2, 0.25) is 0 Å². The van der Waals surface area contributed by atoms with Gasteiger partial charge in [0, 0.05) is 0 Å². The van der Waals surface area contributed by atoms with Gasteiger partial charge in [0.25, 0.3) is 0 Å². The van der Waals surface area contributed by atoms with Crippen LogP contribution in [0.15, 0.2) is 0 Å². The predicted octanol–water partition coefficient (Wildman–Crippen LogP) is 8.66. The second-order valence-electron chi connectivity index (χ2n) is 11.7. The molecule has 4 nitrogen and oxygen atoms in total. The Hall–Kier alpha value is 0.270. The van der Waals surface area contributed by atoms with Crippen LogP contribution < -0.4 is 9.79 Å². The third-order valence-electron chi connectivity index (χ3n) is 7.89. The third kappa shape index (κ3) is 27.8. The van der Waals surface area contributed by atoms with Gasteiger partial charge in [-0.3, -0.25) is 0 Å². The first-order chi connectivity index (χ1) is 18.2. The summed E-state index contributed by atoms with van der Waals surface area (Å²) in [6.07, 6.45) is 22.1. The molecule has 0 aliphatic rings. The van der Waals surface area contributed by atoms with E-state index in [1.54, 1.807) is 0 Å². The summed E-state index contributed by atoms with van der Waals surface area (Å²) in [7, 11) is -2.12. The normalized spacial score (nSPS) is 11.7. The average Bonchev–Trinajstić information content (AvgIpc) is 2.91. The number of nitrogens with zero attached hydrogens (tertiary/aromatic N) is 2. The Kier molecular flexibility index (Phi) is 35.8. The van der Waals surface area contributed by atoms with Gasteiger partial charge in [0.1, 0.15) is 0 Å². The van der Waals surface area contributed by atoms with Gasteiger partial charge < -0.3 is 27.1 Å². The topological polar surface area (TPSA) is 46.1 Å². The van der Waals surface area contributed by atoms with E-state index in [1.807, 2.05) is 0 Å². The predicted molar refractivity (Wildman–Crippen MR) is 172 cm³/mol. The van der Waals surface area contributed by atoms with Gasteiger partial charge in [-0.15, -0.1) is 0 Å². The molecule has 0 heterocycles. The fourth-order valence-electron chi connectivity index (χ4n) is 5.29. The molecular weight excluding hydrogens is 487 g/mol. The Bertz CT molecular complexity index is 321. The molecule has 0 rings (SSSR count). The van der Waals surface area contributed by atoms with E-state index in [0.717, 1.165) is 6.66 Å². The number of rotatable bonds is 24. The van der Waals surface area contributed by atoms with Gasteiger partial charge in [-0.05, 0) is 51.4 Å². The fraction of sp³-hybridized carbons (Fsp3) is 1.00. The molecule has 0 saturated carbocycles. The third-order valence-corrected chi connectivity index (χ3v) is 7.89. The molecule has 0 aliphatic heterocycles. The summed E-state index contributed by atoms with van der Waals surface area (Å²) in [6, 6.07) is 0. The van der Waals surface area contributed by atoms with Gasteiger partial charge in [0.05, 0.1) is 52.4 Å². The van der Waals surface area contributed by atoms with Crippen molar-refractivity contribution in [3.8, 4) is 0 Å². The van der Waals surface area contributed by atoms with E-state index in [-0.39, 0.29) is 0 Å². The summed E-state index contributed by atoms with van der Waals surface area (Å²) in [4.78, 5) is 18.1. The minimum absolute atomic E-state index is 1.12. The van der Waals surface area contributed by atoms with Crippen molar-refractivity contribution in [2.45, 2.75) is 158 Å². The molecule has 0 spiro atoms. The maximum atomic E-state index is 9.04. The number of unbranched alkanes of at least 4 members (excludes halogenated alkanes) is 8. The summed E-state index contributed by atoms with van der Waals surface area (Å²) in [5.41, 5.74) is 0. The Morgan fingerprint density at radius 3 is 0.526 bits per heavy atom. The number of hydrogen-bond donors (Lipinski definition) is 0. The van der Waals surface area contributed by atoms with Crippen LogP contribution in [-0.4, -0.2) is 68.0 Å². The molecule has 0 aromatic carbocycles. The Labute approximate surface area is 244 Å². The molecule has 5 heteroatoms. The first-order valence-corrected chi connectivity index (χ1v) is 18.6. The highest BCUT2D eigenvalue weighted by Crippen LogP contribution is 2.17. The lowest BCUT2D eigenvalue weighted by Gasteiger charge is -2.39. The highest BCUT2D eigenvalue weighted by Gasteiger charge is 2.25. The van der Waals surface area contributed by atoms with Crippen LogP contribution in [0.1, 0.15) is 158 Å². The van der Waals surface area contributed by atoms with Gasteiger partial charge in [-0.1, -0.05) is 113 Å². The van der Waals surface area contributed by atoms with Crippen LogP contribution >= 0.6 is 8.38 Å². The molecule has 0 atom stereocenters. The summed E-state index contributed by atoms with van der Waals surface area (Å²) in [5, 5.41) is 0. The van der Waals surface area contributed by atoms with Crippen molar-refractivity contribution in [3.63, 3.8) is 0 Å². The van der Waals surface area contributed by atoms with Crippen LogP contribution in [0.3, 0.4) is 0 Å². The van der Waals surface area contributed by atoms with Crippen molar-refractivity contribution < 1.29 is 18.8 Å². The second-order valence-corrected chi connectivity index (χ2v) is 12.6. The summed E-state index contributed by atoms with van der Waals surface area (Å²) in [5.74, 6) is 0. The fourth-order valence-corrected chi connectivity index (χ4v) is 5.29. The smallest absolute Gasteiger partial charge is 0.0786 e. The standard InChI is InChI=1S/2C16H36N.CH3O2P/c2*1-5-9-13-17(14-10-6-2,15-11-7-3)16-12-8-4;1-4(2)3/h2*5-16H2,1-4H3;1H3/q2*+1;-2. The molecule has 0 aliphatic carbocycles. The van der Waals surface area contributed by atoms with E-state index >= 15 is 0 Å². The van der Waals surface area contributed by atoms with E-state index < -0.39 is 8.38 Å². The summed E-state index contributed by atoms with van der Waals surface area (Å²) < 4.78 is 2.84. The van der Waals surface area contributed by atoms with E-state index in [4.69, 9.17) is 9.79 Å². The highest BCUT2D eigenvalue weighted by molar-refractivity contribution is 7.41. The monoisotopic (exact) mass is 563 g/mol. The van der Waals surface area contributed by atoms with E-state index in [9.17, 15) is 0 Å². The Morgan fingerprint density at radius 2 is 0.447 bits per heavy atom. The van der Waals surface area contributed by atoms with Crippen molar-refractivity contribution >= 4 is 8.38 Å². The summed E-state index contributed by atoms with van der Waals surface area (Å²) >= 11 is 0. The molecule has 234 valence electrons. The molecule has 0 aromatic heterocycles. The maximum Gasteiger partial charge on any atom is 0.0786 e. The molecule has 0 fully saturated rings. The molecule has 0 radical (unpaired) electrons. The first-order valence-electron chi connectivity index (χ1n) is 17.0. The van der Waals surface area contributed by atoms with Crippen molar-refractivity contribution in [1.29, 1.82) is 0 Å². The van der Waals surface area contributed by atoms with E-state index in [2.05, 4.69) is 55.4 Å². The minimum atomic E-state index is -2.12. The summed E-state index contributed by atoms with van der Waals surface area (Å²) in [6.45, 7) is 31.2. The molecule has 0 aromatic rings. The Morgan fingerprint density at radius 1 is 0.342 bits per heavy atom. The van der Waals surface area contributed by atoms with Gasteiger partial charge in [-0.25, -0.2) is 0 Å². The molecule has 0 bridgehead atoms. The SMILES string of the molecule is CCCC[N+](CCCC)(CCCC)CCCC.CCCC[N+](CCCC)(CCCC)CCCC.CP([O-])[O-]. The molecular formula is C33H75N2O2P. The van der Waals surface area contributed by atoms with Gasteiger partial charge in [-0.2, -0.15) is 0 Å². The van der Waals surface area contributed by atoms with Crippen molar-refractivity contribution in [3.05, 3.63) is 0 Å². The van der Waals surface area contributed by atoms with E-state index in [1.165, 1.54) is 164 Å². The number of hydrogen-bond acceptors (Lipinski definition) is 2. The maximum absolute atomic E-state index is 9.04. The van der Waals surface area contributed by atoms with Crippen LogP contribution in [-0.2, 0) is 0 Å². The van der Waals surface area contributed by atoms with Crippen LogP contribution in [0, 0.1) is 0 Å². The molecule has 0 unspecified atom stereocenters. The lowest BCUT2D eigenvalue weighted by molar-refractivity contribution is -0.929. The van der Waals surface area contributed by atoms with Crippen molar-refractivity contribution in [1.82, 2.24) is 0 Å². The average molecular weight is 563 g/mol. The molecule has 38 heavy (non-hydrogen) atoms. The lowest BCUT2D eigenvalue weighted by atomic mass is 10.1. The van der Waals surface area contributed by atoms with Crippen molar-refractivity contribution in [2.75, 3.05) is 59.0 Å². The first kappa shape index (κ1) is 42.7. The van der Waals surface area contributed by atoms with Crippen LogP contribution in [0.2, 0.25) is 0 Å². The van der Waals surface area contributed by atoms with Crippen LogP contribution in [0.25, 0.3) is 0 Å². The van der Waals surface area contributed by atoms with Gasteiger partial charge >= 0.3 is 0 Å². The molecule has 0 amide bonds. The number of quaternary nitrogens is 2. The second kappa shape index (κ2) is 31.8. The van der Waals surface area contributed by atoms with E-state index in [0.29, 0.717) is 0 Å². The molecule has 0 N–H and O–H groups in total. The van der Waals surface area contributed by atoms with Crippen LogP contribution in [0.5, 0.6) is 0 Å². The minimum Gasteiger partial charge on any atom is -0.842 e. The zero-order valence-corrected chi connectivity index (χ0v) is 29.0. The van der Waals surface area contributed by atoms with Crippen LogP contribution in [0.4, 0.5) is 0 Å². The largest absolute Gasteiger partial charge is 0.842 e. The quantitative estimate of drug-likeness (QED) is 0.0873. The molecule has 0 saturated heterocycles. The lowest BCUT2D eigenvalue weighted by Crippen LogP contribution is -2.50. The van der Waals surface area contributed by atoms with Gasteiger partial charge in [0.15, 0.2) is 0 Å². The zero-order chi connectivity index (χ0) is 29.5. The highest BCUT2D eigenvalue weighted by atomic mass is 31.2. The Balaban J connectivity index is -0.000000564. The zero-order valence-electron chi connectivity index (χ0n) is 28.1.